The molecular formula is C12H22N4S. The van der Waals surface area contributed by atoms with Crippen molar-refractivity contribution in [2.75, 3.05) is 13.1 Å². The fraction of sp³-hybridized carbons (Fsp3) is 0.667. The Labute approximate surface area is 107 Å². The Morgan fingerprint density at radius 3 is 2.94 bits per heavy atom. The van der Waals surface area contributed by atoms with Gasteiger partial charge in [0.25, 0.3) is 0 Å². The van der Waals surface area contributed by atoms with Crippen molar-refractivity contribution in [3.8, 4) is 0 Å². The highest BCUT2D eigenvalue weighted by Crippen LogP contribution is 2.13. The minimum atomic E-state index is 0.533. The Kier molecular flexibility index (Phi) is 5.97. The lowest BCUT2D eigenvalue weighted by molar-refractivity contribution is 0.661. The highest BCUT2D eigenvalue weighted by Gasteiger charge is 2.00. The van der Waals surface area contributed by atoms with Crippen LogP contribution >= 0.6 is 11.3 Å². The molecule has 0 unspecified atom stereocenters. The molecule has 1 rings (SSSR count). The minimum absolute atomic E-state index is 0.533. The SMILES string of the molecule is CCc1cnc(CCNC(N)=NCC(C)C)s1. The van der Waals surface area contributed by atoms with E-state index in [9.17, 15) is 0 Å². The molecule has 1 aromatic heterocycles. The largest absolute Gasteiger partial charge is 0.370 e. The summed E-state index contributed by atoms with van der Waals surface area (Å²) >= 11 is 1.77. The van der Waals surface area contributed by atoms with E-state index in [1.54, 1.807) is 11.3 Å². The second-order valence-electron chi connectivity index (χ2n) is 4.37. The average molecular weight is 254 g/mol. The van der Waals surface area contributed by atoms with Gasteiger partial charge in [0.2, 0.25) is 0 Å². The standard InChI is InChI=1S/C12H22N4S/c1-4-10-8-15-11(17-10)5-6-14-12(13)16-7-9(2)3/h8-9H,4-7H2,1-3H3,(H3,13,14,16). The molecule has 1 heterocycles. The van der Waals surface area contributed by atoms with Gasteiger partial charge in [-0.15, -0.1) is 11.3 Å². The first-order chi connectivity index (χ1) is 8.11. The zero-order valence-corrected chi connectivity index (χ0v) is 11.7. The number of hydrogen-bond acceptors (Lipinski definition) is 3. The first-order valence-corrected chi connectivity index (χ1v) is 6.90. The van der Waals surface area contributed by atoms with Gasteiger partial charge < -0.3 is 11.1 Å². The molecule has 5 heteroatoms. The number of hydrogen-bond donors (Lipinski definition) is 2. The lowest BCUT2D eigenvalue weighted by atomic mass is 10.2. The molecule has 0 radical (unpaired) electrons. The van der Waals surface area contributed by atoms with Gasteiger partial charge in [-0.2, -0.15) is 0 Å². The molecule has 17 heavy (non-hydrogen) atoms. The number of guanidine groups is 1. The van der Waals surface area contributed by atoms with E-state index < -0.39 is 0 Å². The van der Waals surface area contributed by atoms with E-state index in [4.69, 9.17) is 5.73 Å². The van der Waals surface area contributed by atoms with Crippen LogP contribution in [0.25, 0.3) is 0 Å². The van der Waals surface area contributed by atoms with Crippen LogP contribution < -0.4 is 11.1 Å². The monoisotopic (exact) mass is 254 g/mol. The normalized spacial score (nSPS) is 12.1. The molecule has 96 valence electrons. The summed E-state index contributed by atoms with van der Waals surface area (Å²) in [5.41, 5.74) is 5.74. The maximum absolute atomic E-state index is 5.74. The quantitative estimate of drug-likeness (QED) is 0.601. The maximum atomic E-state index is 5.74. The summed E-state index contributed by atoms with van der Waals surface area (Å²) in [6.45, 7) is 7.96. The maximum Gasteiger partial charge on any atom is 0.188 e. The van der Waals surface area contributed by atoms with Gasteiger partial charge in [0.1, 0.15) is 0 Å². The second-order valence-corrected chi connectivity index (χ2v) is 5.57. The lowest BCUT2D eigenvalue weighted by Crippen LogP contribution is -2.33. The number of nitrogens with two attached hydrogens (primary N) is 1. The van der Waals surface area contributed by atoms with E-state index in [1.165, 1.54) is 4.88 Å². The molecule has 0 amide bonds. The Morgan fingerprint density at radius 2 is 2.35 bits per heavy atom. The molecule has 0 saturated carbocycles. The van der Waals surface area contributed by atoms with E-state index in [0.717, 1.165) is 30.9 Å². The van der Waals surface area contributed by atoms with Gasteiger partial charge in [-0.1, -0.05) is 20.8 Å². The number of aromatic nitrogens is 1. The van der Waals surface area contributed by atoms with Crippen molar-refractivity contribution < 1.29 is 0 Å². The highest BCUT2D eigenvalue weighted by molar-refractivity contribution is 7.11. The molecule has 4 nitrogen and oxygen atoms in total. The summed E-state index contributed by atoms with van der Waals surface area (Å²) in [5, 5.41) is 4.27. The minimum Gasteiger partial charge on any atom is -0.370 e. The number of nitrogens with zero attached hydrogens (tertiary/aromatic N) is 2. The lowest BCUT2D eigenvalue weighted by Gasteiger charge is -2.05. The summed E-state index contributed by atoms with van der Waals surface area (Å²) in [5.74, 6) is 1.08. The first-order valence-electron chi connectivity index (χ1n) is 6.09. The number of rotatable bonds is 6. The Morgan fingerprint density at radius 1 is 1.59 bits per heavy atom. The number of thiazole rings is 1. The summed E-state index contributed by atoms with van der Waals surface area (Å²) in [6, 6.07) is 0. The second kappa shape index (κ2) is 7.27. The molecule has 0 saturated heterocycles. The zero-order chi connectivity index (χ0) is 12.7. The molecule has 0 aliphatic heterocycles. The molecule has 0 fully saturated rings. The van der Waals surface area contributed by atoms with Gasteiger partial charge in [-0.25, -0.2) is 4.98 Å². The third kappa shape index (κ3) is 5.68. The summed E-state index contributed by atoms with van der Waals surface area (Å²) in [6.07, 6.45) is 3.92. The predicted molar refractivity (Wildman–Crippen MR) is 74.5 cm³/mol. The third-order valence-electron chi connectivity index (χ3n) is 2.22. The summed E-state index contributed by atoms with van der Waals surface area (Å²) in [7, 11) is 0. The molecule has 0 atom stereocenters. The van der Waals surface area contributed by atoms with Crippen molar-refractivity contribution in [1.29, 1.82) is 0 Å². The van der Waals surface area contributed by atoms with Crippen LogP contribution in [0.1, 0.15) is 30.7 Å². The van der Waals surface area contributed by atoms with Gasteiger partial charge in [-0.3, -0.25) is 4.99 Å². The smallest absolute Gasteiger partial charge is 0.188 e. The van der Waals surface area contributed by atoms with E-state index in [2.05, 4.69) is 36.1 Å². The van der Waals surface area contributed by atoms with E-state index in [1.807, 2.05) is 6.20 Å². The van der Waals surface area contributed by atoms with Crippen molar-refractivity contribution in [3.63, 3.8) is 0 Å². The number of aliphatic imine (C=N–C) groups is 1. The Hall–Kier alpha value is -1.10. The highest BCUT2D eigenvalue weighted by atomic mass is 32.1. The van der Waals surface area contributed by atoms with Gasteiger partial charge >= 0.3 is 0 Å². The molecular weight excluding hydrogens is 232 g/mol. The van der Waals surface area contributed by atoms with Gasteiger partial charge in [0.15, 0.2) is 5.96 Å². The molecule has 0 bridgehead atoms. The van der Waals surface area contributed by atoms with Crippen molar-refractivity contribution in [1.82, 2.24) is 10.3 Å². The van der Waals surface area contributed by atoms with Crippen molar-refractivity contribution >= 4 is 17.3 Å². The Bertz CT molecular complexity index is 357. The van der Waals surface area contributed by atoms with Crippen LogP contribution in [0.2, 0.25) is 0 Å². The molecule has 3 N–H and O–H groups in total. The molecule has 0 aromatic carbocycles. The van der Waals surface area contributed by atoms with Gasteiger partial charge in [0, 0.05) is 30.6 Å². The molecule has 0 aliphatic rings. The molecule has 0 spiro atoms. The molecule has 0 aliphatic carbocycles. The summed E-state index contributed by atoms with van der Waals surface area (Å²) < 4.78 is 0. The van der Waals surface area contributed by atoms with Crippen LogP contribution in [-0.4, -0.2) is 24.0 Å². The van der Waals surface area contributed by atoms with Crippen molar-refractivity contribution in [2.45, 2.75) is 33.6 Å². The van der Waals surface area contributed by atoms with Gasteiger partial charge in [0.05, 0.1) is 5.01 Å². The number of nitrogens with one attached hydrogen (secondary N) is 1. The van der Waals surface area contributed by atoms with Crippen LogP contribution in [0, 0.1) is 5.92 Å². The average Bonchev–Trinajstić information content (AvgIpc) is 2.74. The fourth-order valence-corrected chi connectivity index (χ4v) is 2.12. The van der Waals surface area contributed by atoms with E-state index in [0.29, 0.717) is 11.9 Å². The van der Waals surface area contributed by atoms with Crippen molar-refractivity contribution in [2.24, 2.45) is 16.6 Å². The zero-order valence-electron chi connectivity index (χ0n) is 10.9. The predicted octanol–water partition coefficient (Wildman–Crippen LogP) is 1.81. The van der Waals surface area contributed by atoms with Crippen LogP contribution in [0.15, 0.2) is 11.2 Å². The number of aryl methyl sites for hydroxylation is 1. The van der Waals surface area contributed by atoms with Crippen LogP contribution in [0.4, 0.5) is 0 Å². The van der Waals surface area contributed by atoms with E-state index in [-0.39, 0.29) is 0 Å². The van der Waals surface area contributed by atoms with E-state index >= 15 is 0 Å². The van der Waals surface area contributed by atoms with Crippen LogP contribution in [0.3, 0.4) is 0 Å². The van der Waals surface area contributed by atoms with Crippen molar-refractivity contribution in [3.05, 3.63) is 16.1 Å². The van der Waals surface area contributed by atoms with Gasteiger partial charge in [-0.05, 0) is 12.3 Å². The fourth-order valence-electron chi connectivity index (χ4n) is 1.26. The van der Waals surface area contributed by atoms with Crippen LogP contribution in [-0.2, 0) is 12.8 Å². The Balaban J connectivity index is 2.25. The topological polar surface area (TPSA) is 63.3 Å². The third-order valence-corrected chi connectivity index (χ3v) is 3.42. The molecule has 1 aromatic rings. The van der Waals surface area contributed by atoms with Crippen LogP contribution in [0.5, 0.6) is 0 Å². The summed E-state index contributed by atoms with van der Waals surface area (Å²) in [4.78, 5) is 9.93. The first kappa shape index (κ1) is 14.0.